The number of furan rings is 1. The minimum Gasteiger partial charge on any atom is -0.467 e. The van der Waals surface area contributed by atoms with Crippen LogP contribution in [0.2, 0.25) is 0 Å². The van der Waals surface area contributed by atoms with Gasteiger partial charge in [0.1, 0.15) is 17.6 Å². The minimum absolute atomic E-state index is 0.0105. The van der Waals surface area contributed by atoms with E-state index in [4.69, 9.17) is 4.42 Å². The molecule has 1 atom stereocenters. The van der Waals surface area contributed by atoms with Crippen molar-refractivity contribution in [2.75, 3.05) is 11.9 Å². The number of benzene rings is 1. The van der Waals surface area contributed by atoms with Gasteiger partial charge in [-0.1, -0.05) is 17.3 Å². The van der Waals surface area contributed by atoms with Gasteiger partial charge in [0.15, 0.2) is 0 Å². The topological polar surface area (TPSA) is 67.4 Å². The number of carbonyl (C=O) groups is 1. The number of nitrogens with zero attached hydrogens (tertiary/aromatic N) is 5. The highest BCUT2D eigenvalue weighted by atomic mass is 16.3. The van der Waals surface area contributed by atoms with Gasteiger partial charge in [-0.2, -0.15) is 0 Å². The second-order valence-electron chi connectivity index (χ2n) is 6.85. The van der Waals surface area contributed by atoms with E-state index in [1.54, 1.807) is 12.5 Å². The van der Waals surface area contributed by atoms with Crippen LogP contribution in [0.25, 0.3) is 0 Å². The highest BCUT2D eigenvalue weighted by Gasteiger charge is 2.40. The third-order valence-electron chi connectivity index (χ3n) is 5.10. The van der Waals surface area contributed by atoms with Crippen LogP contribution in [-0.2, 0) is 6.54 Å². The Morgan fingerprint density at radius 3 is 2.81 bits per heavy atom. The van der Waals surface area contributed by atoms with E-state index in [0.717, 1.165) is 30.0 Å². The molecule has 1 amide bonds. The number of amides is 1. The fraction of sp³-hybridized carbons (Fsp3) is 0.316. The molecular weight excluding hydrogens is 330 g/mol. The molecule has 132 valence electrons. The van der Waals surface area contributed by atoms with E-state index >= 15 is 0 Å². The summed E-state index contributed by atoms with van der Waals surface area (Å²) < 4.78 is 7.48. The number of aromatic nitrogens is 3. The van der Waals surface area contributed by atoms with Gasteiger partial charge in [0.2, 0.25) is 0 Å². The molecule has 26 heavy (non-hydrogen) atoms. The predicted molar refractivity (Wildman–Crippen MR) is 94.5 cm³/mol. The van der Waals surface area contributed by atoms with Crippen LogP contribution < -0.4 is 4.90 Å². The number of fused-ring (bicyclic) bond motifs is 1. The van der Waals surface area contributed by atoms with E-state index in [1.165, 1.54) is 0 Å². The van der Waals surface area contributed by atoms with Crippen LogP contribution in [0.4, 0.5) is 5.69 Å². The van der Waals surface area contributed by atoms with Gasteiger partial charge in [-0.25, -0.2) is 4.68 Å². The van der Waals surface area contributed by atoms with Crippen molar-refractivity contribution >= 4 is 11.6 Å². The van der Waals surface area contributed by atoms with Crippen molar-refractivity contribution in [2.45, 2.75) is 31.6 Å². The van der Waals surface area contributed by atoms with Crippen molar-refractivity contribution in [3.8, 4) is 0 Å². The highest BCUT2D eigenvalue weighted by Crippen LogP contribution is 2.42. The van der Waals surface area contributed by atoms with Crippen molar-refractivity contribution in [1.29, 1.82) is 0 Å². The van der Waals surface area contributed by atoms with Crippen LogP contribution in [-0.4, -0.2) is 32.8 Å². The van der Waals surface area contributed by atoms with Gasteiger partial charge in [-0.15, -0.1) is 5.10 Å². The highest BCUT2D eigenvalue weighted by molar-refractivity contribution is 6.01. The summed E-state index contributed by atoms with van der Waals surface area (Å²) in [7, 11) is 2.01. The molecule has 7 nitrogen and oxygen atoms in total. The second-order valence-corrected chi connectivity index (χ2v) is 6.85. The molecule has 3 heterocycles. The van der Waals surface area contributed by atoms with E-state index in [-0.39, 0.29) is 12.1 Å². The SMILES string of the molecule is CN1c2ccccc2C(=O)N(Cc2ccco2)C1c1cnnn1C1CC1. The summed E-state index contributed by atoms with van der Waals surface area (Å²) in [4.78, 5) is 17.3. The zero-order chi connectivity index (χ0) is 17.7. The van der Waals surface area contributed by atoms with E-state index < -0.39 is 0 Å². The first kappa shape index (κ1) is 15.2. The van der Waals surface area contributed by atoms with Crippen LogP contribution in [0.5, 0.6) is 0 Å². The lowest BCUT2D eigenvalue weighted by Crippen LogP contribution is -2.48. The zero-order valence-electron chi connectivity index (χ0n) is 14.4. The van der Waals surface area contributed by atoms with Gasteiger partial charge in [-0.05, 0) is 37.1 Å². The van der Waals surface area contributed by atoms with Crippen LogP contribution in [0, 0.1) is 0 Å². The summed E-state index contributed by atoms with van der Waals surface area (Å²) in [5.74, 6) is 0.741. The first-order valence-corrected chi connectivity index (χ1v) is 8.79. The average Bonchev–Trinajstić information content (AvgIpc) is 3.16. The van der Waals surface area contributed by atoms with Crippen molar-refractivity contribution in [3.05, 3.63) is 65.9 Å². The average molecular weight is 349 g/mol. The maximum absolute atomic E-state index is 13.3. The molecule has 1 aromatic carbocycles. The zero-order valence-corrected chi connectivity index (χ0v) is 14.4. The molecule has 1 aliphatic heterocycles. The molecule has 0 saturated heterocycles. The molecule has 0 N–H and O–H groups in total. The molecule has 7 heteroatoms. The quantitative estimate of drug-likeness (QED) is 0.724. The summed E-state index contributed by atoms with van der Waals surface area (Å²) in [6.07, 6.45) is 5.34. The Balaban J connectivity index is 1.63. The van der Waals surface area contributed by atoms with Gasteiger partial charge in [-0.3, -0.25) is 4.79 Å². The Bertz CT molecular complexity index is 945. The Morgan fingerprint density at radius 2 is 2.04 bits per heavy atom. The van der Waals surface area contributed by atoms with Crippen molar-refractivity contribution in [2.24, 2.45) is 0 Å². The Labute approximate surface area is 150 Å². The van der Waals surface area contributed by atoms with Crippen LogP contribution >= 0.6 is 0 Å². The van der Waals surface area contributed by atoms with Crippen molar-refractivity contribution < 1.29 is 9.21 Å². The third kappa shape index (κ3) is 2.31. The van der Waals surface area contributed by atoms with E-state index in [0.29, 0.717) is 18.2 Å². The lowest BCUT2D eigenvalue weighted by molar-refractivity contribution is 0.0608. The summed E-state index contributed by atoms with van der Waals surface area (Å²) in [5.41, 5.74) is 2.55. The largest absolute Gasteiger partial charge is 0.467 e. The lowest BCUT2D eigenvalue weighted by atomic mass is 10.0. The summed E-state index contributed by atoms with van der Waals surface area (Å²) >= 11 is 0. The van der Waals surface area contributed by atoms with E-state index in [9.17, 15) is 4.79 Å². The number of para-hydroxylation sites is 1. The number of rotatable bonds is 4. The molecular formula is C19H19N5O2. The van der Waals surface area contributed by atoms with Crippen LogP contribution in [0.15, 0.2) is 53.3 Å². The molecule has 5 rings (SSSR count). The Kier molecular flexibility index (Phi) is 3.34. The van der Waals surface area contributed by atoms with Crippen LogP contribution in [0.1, 0.15) is 46.9 Å². The van der Waals surface area contributed by atoms with Crippen LogP contribution in [0.3, 0.4) is 0 Å². The molecule has 3 aromatic rings. The number of hydrogen-bond donors (Lipinski definition) is 0. The standard InChI is InChI=1S/C19H19N5O2/c1-22-16-7-3-2-6-15(16)19(25)23(12-14-5-4-10-26-14)18(22)17-11-20-21-24(17)13-8-9-13/h2-7,10-11,13,18H,8-9,12H2,1H3. The molecule has 2 aromatic heterocycles. The van der Waals surface area contributed by atoms with Gasteiger partial charge < -0.3 is 14.2 Å². The Hall–Kier alpha value is -3.09. The summed E-state index contributed by atoms with van der Waals surface area (Å²) in [5, 5.41) is 8.41. The molecule has 1 saturated carbocycles. The Morgan fingerprint density at radius 1 is 1.19 bits per heavy atom. The van der Waals surface area contributed by atoms with Crippen molar-refractivity contribution in [1.82, 2.24) is 19.9 Å². The number of carbonyl (C=O) groups excluding carboxylic acids is 1. The third-order valence-corrected chi connectivity index (χ3v) is 5.10. The smallest absolute Gasteiger partial charge is 0.258 e. The monoisotopic (exact) mass is 349 g/mol. The van der Waals surface area contributed by atoms with Gasteiger partial charge in [0.25, 0.3) is 5.91 Å². The van der Waals surface area contributed by atoms with Crippen molar-refractivity contribution in [3.63, 3.8) is 0 Å². The minimum atomic E-state index is -0.280. The molecule has 0 radical (unpaired) electrons. The molecule has 2 aliphatic rings. The molecule has 1 unspecified atom stereocenters. The second kappa shape index (κ2) is 5.72. The number of anilines is 1. The maximum atomic E-state index is 13.3. The molecule has 0 spiro atoms. The van der Waals surface area contributed by atoms with Gasteiger partial charge >= 0.3 is 0 Å². The van der Waals surface area contributed by atoms with Gasteiger partial charge in [0.05, 0.1) is 36.3 Å². The molecule has 1 aliphatic carbocycles. The first-order chi connectivity index (χ1) is 12.7. The lowest BCUT2D eigenvalue weighted by Gasteiger charge is -2.43. The maximum Gasteiger partial charge on any atom is 0.258 e. The summed E-state index contributed by atoms with van der Waals surface area (Å²) in [6, 6.07) is 11.8. The first-order valence-electron chi connectivity index (χ1n) is 8.79. The van der Waals surface area contributed by atoms with E-state index in [1.807, 2.05) is 53.0 Å². The van der Waals surface area contributed by atoms with Gasteiger partial charge in [0, 0.05) is 7.05 Å². The fourth-order valence-electron chi connectivity index (χ4n) is 3.69. The normalized spacial score (nSPS) is 19.7. The molecule has 0 bridgehead atoms. The summed E-state index contributed by atoms with van der Waals surface area (Å²) in [6.45, 7) is 0.394. The van der Waals surface area contributed by atoms with E-state index in [2.05, 4.69) is 15.2 Å². The number of hydrogen-bond acceptors (Lipinski definition) is 5. The molecule has 1 fully saturated rings. The predicted octanol–water partition coefficient (Wildman–Crippen LogP) is 3.00. The fourth-order valence-corrected chi connectivity index (χ4v) is 3.69.